The van der Waals surface area contributed by atoms with E-state index in [1.54, 1.807) is 7.11 Å². The summed E-state index contributed by atoms with van der Waals surface area (Å²) in [6.45, 7) is 6.70. The Labute approximate surface area is 169 Å². The zero-order chi connectivity index (χ0) is 20.2. The Bertz CT molecular complexity index is 572. The van der Waals surface area contributed by atoms with E-state index in [1.165, 1.54) is 5.56 Å². The number of aliphatic imine (C=N–C) groups is 1. The first-order valence-corrected chi connectivity index (χ1v) is 10.2. The quantitative estimate of drug-likeness (QED) is 0.341. The molecule has 1 aliphatic heterocycles. The number of likely N-dealkylation sites (N-methyl/N-ethyl adjacent to an activating group) is 1. The van der Waals surface area contributed by atoms with Crippen LogP contribution in [-0.2, 0) is 9.47 Å². The molecule has 1 heterocycles. The number of nitrogens with zero attached hydrogens (tertiary/aromatic N) is 2. The fourth-order valence-corrected chi connectivity index (χ4v) is 3.09. The van der Waals surface area contributed by atoms with Gasteiger partial charge < -0.3 is 29.7 Å². The van der Waals surface area contributed by atoms with Crippen LogP contribution in [0.3, 0.4) is 0 Å². The molecule has 2 rings (SSSR count). The Morgan fingerprint density at radius 2 is 2.07 bits per heavy atom. The predicted octanol–water partition coefficient (Wildman–Crippen LogP) is 2.05. The molecular formula is C21H36N4O3. The molecule has 2 unspecified atom stereocenters. The lowest BCUT2D eigenvalue weighted by Gasteiger charge is -2.24. The third kappa shape index (κ3) is 7.66. The maximum atomic E-state index is 5.81. The van der Waals surface area contributed by atoms with Crippen molar-refractivity contribution in [2.45, 2.75) is 31.9 Å². The summed E-state index contributed by atoms with van der Waals surface area (Å²) in [6, 6.07) is 8.39. The SMILES string of the molecule is CCNC(=NCC(c1ccc(OC)cc1)N(C)C)NCCCOC1CCOC1. The second-order valence-corrected chi connectivity index (χ2v) is 7.11. The second kappa shape index (κ2) is 12.6. The largest absolute Gasteiger partial charge is 0.497 e. The van der Waals surface area contributed by atoms with Crippen molar-refractivity contribution < 1.29 is 14.2 Å². The summed E-state index contributed by atoms with van der Waals surface area (Å²) in [6.07, 6.45) is 2.22. The van der Waals surface area contributed by atoms with Gasteiger partial charge in [-0.05, 0) is 51.6 Å². The molecule has 0 amide bonds. The minimum absolute atomic E-state index is 0.201. The molecule has 0 aromatic heterocycles. The van der Waals surface area contributed by atoms with Gasteiger partial charge in [0.15, 0.2) is 5.96 Å². The standard InChI is InChI=1S/C21H36N4O3/c1-5-22-21(23-12-6-13-28-19-11-14-27-16-19)24-15-20(25(2)3)17-7-9-18(26-4)10-8-17/h7-10,19-20H,5-6,11-16H2,1-4H3,(H2,22,23,24). The van der Waals surface area contributed by atoms with Crippen molar-refractivity contribution in [2.24, 2.45) is 4.99 Å². The first kappa shape index (κ1) is 22.5. The molecule has 1 aromatic carbocycles. The highest BCUT2D eigenvalue weighted by Crippen LogP contribution is 2.21. The van der Waals surface area contributed by atoms with Gasteiger partial charge in [-0.2, -0.15) is 0 Å². The zero-order valence-corrected chi connectivity index (χ0v) is 17.7. The minimum atomic E-state index is 0.201. The molecular weight excluding hydrogens is 356 g/mol. The van der Waals surface area contributed by atoms with Gasteiger partial charge in [-0.3, -0.25) is 4.99 Å². The van der Waals surface area contributed by atoms with Crippen LogP contribution in [0, 0.1) is 0 Å². The van der Waals surface area contributed by atoms with E-state index in [0.29, 0.717) is 6.54 Å². The van der Waals surface area contributed by atoms with E-state index in [-0.39, 0.29) is 12.1 Å². The van der Waals surface area contributed by atoms with Crippen molar-refractivity contribution in [3.05, 3.63) is 29.8 Å². The van der Waals surface area contributed by atoms with Crippen LogP contribution in [0.2, 0.25) is 0 Å². The summed E-state index contributed by atoms with van der Waals surface area (Å²) in [5.74, 6) is 1.71. The molecule has 1 aromatic rings. The number of methoxy groups -OCH3 is 1. The first-order valence-electron chi connectivity index (χ1n) is 10.2. The third-order valence-corrected chi connectivity index (χ3v) is 4.75. The van der Waals surface area contributed by atoms with Crippen LogP contribution in [0.5, 0.6) is 5.75 Å². The maximum absolute atomic E-state index is 5.81. The summed E-state index contributed by atoms with van der Waals surface area (Å²) < 4.78 is 16.4. The van der Waals surface area contributed by atoms with Crippen molar-refractivity contribution >= 4 is 5.96 Å². The fourth-order valence-electron chi connectivity index (χ4n) is 3.09. The van der Waals surface area contributed by atoms with Crippen LogP contribution in [0.4, 0.5) is 0 Å². The fraction of sp³-hybridized carbons (Fsp3) is 0.667. The lowest BCUT2D eigenvalue weighted by molar-refractivity contribution is 0.0420. The Kier molecular flexibility index (Phi) is 10.1. The van der Waals surface area contributed by atoms with Crippen LogP contribution >= 0.6 is 0 Å². The van der Waals surface area contributed by atoms with E-state index in [4.69, 9.17) is 19.2 Å². The highest BCUT2D eigenvalue weighted by molar-refractivity contribution is 5.79. The molecule has 1 fully saturated rings. The monoisotopic (exact) mass is 392 g/mol. The Hall–Kier alpha value is -1.83. The average molecular weight is 393 g/mol. The van der Waals surface area contributed by atoms with Gasteiger partial charge >= 0.3 is 0 Å². The Morgan fingerprint density at radius 1 is 1.29 bits per heavy atom. The van der Waals surface area contributed by atoms with Crippen molar-refractivity contribution in [1.82, 2.24) is 15.5 Å². The molecule has 0 saturated carbocycles. The van der Waals surface area contributed by atoms with Crippen LogP contribution < -0.4 is 15.4 Å². The third-order valence-electron chi connectivity index (χ3n) is 4.75. The van der Waals surface area contributed by atoms with Crippen LogP contribution in [-0.4, -0.2) is 77.6 Å². The molecule has 7 nitrogen and oxygen atoms in total. The van der Waals surface area contributed by atoms with Gasteiger partial charge in [0, 0.05) is 26.3 Å². The number of nitrogens with one attached hydrogen (secondary N) is 2. The molecule has 1 saturated heterocycles. The van der Waals surface area contributed by atoms with Crippen LogP contribution in [0.15, 0.2) is 29.3 Å². The molecule has 2 N–H and O–H groups in total. The van der Waals surface area contributed by atoms with E-state index in [9.17, 15) is 0 Å². The first-order chi connectivity index (χ1) is 13.6. The molecule has 28 heavy (non-hydrogen) atoms. The highest BCUT2D eigenvalue weighted by atomic mass is 16.5. The smallest absolute Gasteiger partial charge is 0.191 e. The van der Waals surface area contributed by atoms with Gasteiger partial charge in [-0.15, -0.1) is 0 Å². The molecule has 0 aliphatic carbocycles. The molecule has 0 radical (unpaired) electrons. The molecule has 158 valence electrons. The van der Waals surface area contributed by atoms with Gasteiger partial charge in [0.05, 0.1) is 32.4 Å². The van der Waals surface area contributed by atoms with Crippen molar-refractivity contribution in [1.29, 1.82) is 0 Å². The van der Waals surface area contributed by atoms with Crippen LogP contribution in [0.25, 0.3) is 0 Å². The number of hydrogen-bond donors (Lipinski definition) is 2. The molecule has 7 heteroatoms. The van der Waals surface area contributed by atoms with E-state index in [1.807, 2.05) is 12.1 Å². The van der Waals surface area contributed by atoms with E-state index < -0.39 is 0 Å². The van der Waals surface area contributed by atoms with E-state index >= 15 is 0 Å². The van der Waals surface area contributed by atoms with Gasteiger partial charge in [0.2, 0.25) is 0 Å². The van der Waals surface area contributed by atoms with Gasteiger partial charge in [0.25, 0.3) is 0 Å². The summed E-state index contributed by atoms with van der Waals surface area (Å²) >= 11 is 0. The van der Waals surface area contributed by atoms with E-state index in [0.717, 1.165) is 57.5 Å². The molecule has 0 bridgehead atoms. The molecule has 1 aliphatic rings. The number of hydrogen-bond acceptors (Lipinski definition) is 5. The van der Waals surface area contributed by atoms with Crippen molar-refractivity contribution in [2.75, 3.05) is 60.7 Å². The van der Waals surface area contributed by atoms with Gasteiger partial charge in [-0.1, -0.05) is 12.1 Å². The summed E-state index contributed by atoms with van der Waals surface area (Å²) in [4.78, 5) is 6.98. The lowest BCUT2D eigenvalue weighted by Crippen LogP contribution is -2.39. The average Bonchev–Trinajstić information content (AvgIpc) is 3.21. The van der Waals surface area contributed by atoms with Crippen molar-refractivity contribution in [3.63, 3.8) is 0 Å². The summed E-state index contributed by atoms with van der Waals surface area (Å²) in [7, 11) is 5.84. The Balaban J connectivity index is 1.83. The van der Waals surface area contributed by atoms with E-state index in [2.05, 4.69) is 48.7 Å². The zero-order valence-electron chi connectivity index (χ0n) is 17.7. The summed E-state index contributed by atoms with van der Waals surface area (Å²) in [5, 5.41) is 6.72. The number of benzene rings is 1. The lowest BCUT2D eigenvalue weighted by atomic mass is 10.1. The second-order valence-electron chi connectivity index (χ2n) is 7.11. The van der Waals surface area contributed by atoms with Crippen molar-refractivity contribution in [3.8, 4) is 5.75 Å². The number of ether oxygens (including phenoxy) is 3. The highest BCUT2D eigenvalue weighted by Gasteiger charge is 2.16. The minimum Gasteiger partial charge on any atom is -0.497 e. The number of guanidine groups is 1. The Morgan fingerprint density at radius 3 is 2.68 bits per heavy atom. The summed E-state index contributed by atoms with van der Waals surface area (Å²) in [5.41, 5.74) is 1.22. The van der Waals surface area contributed by atoms with Gasteiger partial charge in [-0.25, -0.2) is 0 Å². The molecule has 2 atom stereocenters. The normalized spacial score (nSPS) is 18.3. The molecule has 0 spiro atoms. The van der Waals surface area contributed by atoms with Gasteiger partial charge in [0.1, 0.15) is 5.75 Å². The topological polar surface area (TPSA) is 67.4 Å². The van der Waals surface area contributed by atoms with Crippen LogP contribution in [0.1, 0.15) is 31.4 Å². The number of rotatable bonds is 11. The predicted molar refractivity (Wildman–Crippen MR) is 113 cm³/mol. The maximum Gasteiger partial charge on any atom is 0.191 e.